The Balaban J connectivity index is 0.863. The highest BCUT2D eigenvalue weighted by Crippen LogP contribution is 2.39. The van der Waals surface area contributed by atoms with E-state index in [0.29, 0.717) is 6.61 Å². The van der Waals surface area contributed by atoms with Crippen LogP contribution in [0.3, 0.4) is 0 Å². The number of hydrogen-bond acceptors (Lipinski definition) is 5. The number of hydrogen-bond donors (Lipinski definition) is 0. The van der Waals surface area contributed by atoms with Crippen LogP contribution in [0.15, 0.2) is 183 Å². The lowest BCUT2D eigenvalue weighted by molar-refractivity contribution is 0.363. The van der Waals surface area contributed by atoms with E-state index in [2.05, 4.69) is 174 Å². The van der Waals surface area contributed by atoms with Crippen LogP contribution in [-0.2, 0) is 9.47 Å². The van der Waals surface area contributed by atoms with Crippen LogP contribution >= 0.6 is 0 Å². The van der Waals surface area contributed by atoms with Crippen molar-refractivity contribution in [1.82, 2.24) is 0 Å². The molecule has 6 heteroatoms. The third-order valence-corrected chi connectivity index (χ3v) is 10.4. The second-order valence-corrected chi connectivity index (χ2v) is 14.6. The minimum absolute atomic E-state index is 0.195. The lowest BCUT2D eigenvalue weighted by Gasteiger charge is -2.26. The highest BCUT2D eigenvalue weighted by molar-refractivity contribution is 5.80. The topological polar surface area (TPSA) is 40.8 Å². The van der Waals surface area contributed by atoms with Crippen LogP contribution < -0.4 is 14.5 Å². The smallest absolute Gasteiger partial charge is 0.123 e. The van der Waals surface area contributed by atoms with E-state index >= 15 is 0 Å². The van der Waals surface area contributed by atoms with Gasteiger partial charge in [-0.15, -0.1) is 0 Å². The molecule has 9 rings (SSSR count). The molecule has 290 valence electrons. The molecule has 59 heavy (non-hydrogen) atoms. The number of epoxide rings is 2. The summed E-state index contributed by atoms with van der Waals surface area (Å²) < 4.78 is 30.5. The SMILES string of the molecule is C=CCOc1ccc(N(c2ccc(C=Cc3ccc(C=Cc4ccc(N(c5ccc(F)cc5)c5ccc(C6CO6)cc5)cc4)cc3)cc2)c2ccc(C3CO3)cc2)cc1. The fraction of sp³-hybridized carbons (Fsp3) is 0.0943. The quantitative estimate of drug-likeness (QED) is 0.0589. The van der Waals surface area contributed by atoms with Crippen molar-refractivity contribution in [2.45, 2.75) is 12.2 Å². The molecule has 5 nitrogen and oxygen atoms in total. The molecule has 0 saturated carbocycles. The Hall–Kier alpha value is -6.99. The molecule has 7 aromatic carbocycles. The number of benzene rings is 7. The van der Waals surface area contributed by atoms with Gasteiger partial charge in [-0.05, 0) is 130 Å². The molecule has 2 unspecified atom stereocenters. The zero-order valence-electron chi connectivity index (χ0n) is 32.5. The predicted molar refractivity (Wildman–Crippen MR) is 240 cm³/mol. The van der Waals surface area contributed by atoms with Gasteiger partial charge in [0.05, 0.1) is 13.2 Å². The zero-order valence-corrected chi connectivity index (χ0v) is 32.5. The second kappa shape index (κ2) is 17.2. The Morgan fingerprint density at radius 2 is 0.746 bits per heavy atom. The van der Waals surface area contributed by atoms with E-state index in [9.17, 15) is 4.39 Å². The lowest BCUT2D eigenvalue weighted by Crippen LogP contribution is -2.10. The van der Waals surface area contributed by atoms with Crippen molar-refractivity contribution in [3.05, 3.63) is 222 Å². The summed E-state index contributed by atoms with van der Waals surface area (Å²) in [5.41, 5.74) is 12.8. The molecule has 2 saturated heterocycles. The minimum atomic E-state index is -0.260. The molecule has 0 bridgehead atoms. The maximum absolute atomic E-state index is 13.8. The summed E-state index contributed by atoms with van der Waals surface area (Å²) in [5, 5.41) is 0. The Morgan fingerprint density at radius 3 is 1.07 bits per heavy atom. The molecule has 0 aromatic heterocycles. The zero-order chi connectivity index (χ0) is 40.0. The lowest BCUT2D eigenvalue weighted by atomic mass is 10.1. The van der Waals surface area contributed by atoms with Crippen molar-refractivity contribution in [3.8, 4) is 5.75 Å². The summed E-state index contributed by atoms with van der Waals surface area (Å²) in [5.74, 6) is 0.546. The Labute approximate surface area is 345 Å². The number of halogens is 1. The van der Waals surface area contributed by atoms with Gasteiger partial charge >= 0.3 is 0 Å². The molecular weight excluding hydrogens is 732 g/mol. The number of rotatable bonds is 15. The van der Waals surface area contributed by atoms with E-state index in [1.165, 1.54) is 23.3 Å². The molecule has 2 fully saturated rings. The summed E-state index contributed by atoms with van der Waals surface area (Å²) in [7, 11) is 0. The first kappa shape index (κ1) is 37.6. The largest absolute Gasteiger partial charge is 0.490 e. The van der Waals surface area contributed by atoms with Gasteiger partial charge in [0.2, 0.25) is 0 Å². The first-order valence-corrected chi connectivity index (χ1v) is 19.9. The maximum Gasteiger partial charge on any atom is 0.123 e. The average molecular weight is 775 g/mol. The summed E-state index contributed by atoms with van der Waals surface area (Å²) in [6.07, 6.45) is 10.7. The van der Waals surface area contributed by atoms with E-state index in [1.807, 2.05) is 12.1 Å². The molecule has 2 aliphatic heterocycles. The molecule has 0 amide bonds. The standard InChI is InChI=1S/C53H43FN2O3/c1-2-35-57-51-33-31-50(32-34-51)56(48-27-17-43(18-28-48)53-37-59-53)46-23-13-41(14-24-46)10-8-39-5-3-38(4-6-39)7-9-40-11-21-45(22-12-40)55(49-29-19-44(54)20-30-49)47-25-15-42(16-26-47)52-36-58-52/h2-34,52-53H,1,35-37H2. The van der Waals surface area contributed by atoms with E-state index < -0.39 is 0 Å². The van der Waals surface area contributed by atoms with Crippen LogP contribution in [0.25, 0.3) is 24.3 Å². The number of ether oxygens (including phenoxy) is 3. The van der Waals surface area contributed by atoms with Gasteiger partial charge in [0.1, 0.15) is 30.4 Å². The van der Waals surface area contributed by atoms with Gasteiger partial charge in [0.25, 0.3) is 0 Å². The van der Waals surface area contributed by atoms with Crippen molar-refractivity contribution >= 4 is 58.4 Å². The normalized spacial score (nSPS) is 15.6. The van der Waals surface area contributed by atoms with Gasteiger partial charge < -0.3 is 24.0 Å². The summed E-state index contributed by atoms with van der Waals surface area (Å²) in [6.45, 7) is 5.77. The van der Waals surface area contributed by atoms with Gasteiger partial charge in [-0.3, -0.25) is 0 Å². The van der Waals surface area contributed by atoms with Gasteiger partial charge in [0.15, 0.2) is 0 Å². The second-order valence-electron chi connectivity index (χ2n) is 14.6. The molecular formula is C53H43FN2O3. The Morgan fingerprint density at radius 1 is 0.458 bits per heavy atom. The van der Waals surface area contributed by atoms with E-state index in [-0.39, 0.29) is 18.0 Å². The maximum atomic E-state index is 13.8. The first-order chi connectivity index (χ1) is 29.1. The number of nitrogens with zero attached hydrogens (tertiary/aromatic N) is 2. The van der Waals surface area contributed by atoms with Crippen LogP contribution in [0, 0.1) is 5.82 Å². The summed E-state index contributed by atoms with van der Waals surface area (Å²) in [6, 6.07) is 57.3. The van der Waals surface area contributed by atoms with E-state index in [1.54, 1.807) is 18.2 Å². The monoisotopic (exact) mass is 774 g/mol. The predicted octanol–water partition coefficient (Wildman–Crippen LogP) is 13.8. The highest BCUT2D eigenvalue weighted by atomic mass is 19.1. The van der Waals surface area contributed by atoms with Gasteiger partial charge in [-0.1, -0.05) is 110 Å². The molecule has 0 aliphatic carbocycles. The molecule has 0 spiro atoms. The molecule has 2 atom stereocenters. The molecule has 0 N–H and O–H groups in total. The van der Waals surface area contributed by atoms with Crippen LogP contribution in [0.1, 0.15) is 45.6 Å². The third kappa shape index (κ3) is 9.26. The van der Waals surface area contributed by atoms with Gasteiger partial charge in [-0.25, -0.2) is 4.39 Å². The first-order valence-electron chi connectivity index (χ1n) is 19.9. The summed E-state index contributed by atoms with van der Waals surface area (Å²) in [4.78, 5) is 4.38. The average Bonchev–Trinajstić information content (AvgIpc) is 4.23. The van der Waals surface area contributed by atoms with Crippen LogP contribution in [0.4, 0.5) is 38.5 Å². The number of anilines is 6. The Bertz CT molecular complexity index is 2540. The fourth-order valence-electron chi connectivity index (χ4n) is 7.06. The van der Waals surface area contributed by atoms with Crippen LogP contribution in [0.2, 0.25) is 0 Å². The highest BCUT2D eigenvalue weighted by Gasteiger charge is 2.26. The molecule has 0 radical (unpaired) electrons. The summed E-state index contributed by atoms with van der Waals surface area (Å²) >= 11 is 0. The minimum Gasteiger partial charge on any atom is -0.490 e. The molecule has 2 aliphatic rings. The van der Waals surface area contributed by atoms with Gasteiger partial charge in [0, 0.05) is 34.1 Å². The van der Waals surface area contributed by atoms with Crippen LogP contribution in [0.5, 0.6) is 5.75 Å². The van der Waals surface area contributed by atoms with Crippen molar-refractivity contribution in [2.24, 2.45) is 0 Å². The Kier molecular flexibility index (Phi) is 11.0. The van der Waals surface area contributed by atoms with Crippen LogP contribution in [-0.4, -0.2) is 19.8 Å². The van der Waals surface area contributed by atoms with Crippen molar-refractivity contribution < 1.29 is 18.6 Å². The van der Waals surface area contributed by atoms with E-state index in [4.69, 9.17) is 14.2 Å². The molecule has 2 heterocycles. The van der Waals surface area contributed by atoms with Crippen molar-refractivity contribution in [3.63, 3.8) is 0 Å². The fourth-order valence-corrected chi connectivity index (χ4v) is 7.06. The third-order valence-electron chi connectivity index (χ3n) is 10.4. The van der Waals surface area contributed by atoms with Crippen molar-refractivity contribution in [1.29, 1.82) is 0 Å². The van der Waals surface area contributed by atoms with Gasteiger partial charge in [-0.2, -0.15) is 0 Å². The van der Waals surface area contributed by atoms with E-state index in [0.717, 1.165) is 75.3 Å². The molecule has 7 aromatic rings. The van der Waals surface area contributed by atoms with Crippen molar-refractivity contribution in [2.75, 3.05) is 29.6 Å².